The second-order valence-electron chi connectivity index (χ2n) is 4.54. The highest BCUT2D eigenvalue weighted by Gasteiger charge is 2.30. The van der Waals surface area contributed by atoms with E-state index in [4.69, 9.17) is 5.11 Å². The van der Waals surface area contributed by atoms with Crippen molar-refractivity contribution in [1.82, 2.24) is 10.6 Å². The van der Waals surface area contributed by atoms with Crippen molar-refractivity contribution in [2.24, 2.45) is 0 Å². The minimum atomic E-state index is -1.97. The summed E-state index contributed by atoms with van der Waals surface area (Å²) in [6, 6.07) is 7.08. The fourth-order valence-corrected chi connectivity index (χ4v) is 1.37. The van der Waals surface area contributed by atoms with Gasteiger partial charge in [-0.1, -0.05) is 24.3 Å². The van der Waals surface area contributed by atoms with E-state index < -0.39 is 17.6 Å². The third-order valence-corrected chi connectivity index (χ3v) is 2.75. The second-order valence-corrected chi connectivity index (χ2v) is 4.54. The third kappa shape index (κ3) is 4.59. The molecule has 0 fully saturated rings. The van der Waals surface area contributed by atoms with Gasteiger partial charge in [-0.3, -0.25) is 0 Å². The first-order valence-electron chi connectivity index (χ1n) is 5.85. The van der Waals surface area contributed by atoms with E-state index in [1.54, 1.807) is 0 Å². The maximum absolute atomic E-state index is 11.5. The standard InChI is InChI=1S/C13H18N2O4/c1-9-5-3-4-6-10(9)7-14-12(18)15-8-13(2,19)11(16)17/h3-6,19H,7-8H2,1-2H3,(H,16,17)(H2,14,15,18). The normalized spacial score (nSPS) is 13.4. The van der Waals surface area contributed by atoms with E-state index in [0.717, 1.165) is 18.1 Å². The van der Waals surface area contributed by atoms with Crippen molar-refractivity contribution < 1.29 is 19.8 Å². The van der Waals surface area contributed by atoms with Crippen molar-refractivity contribution in [2.75, 3.05) is 6.54 Å². The Morgan fingerprint density at radius 3 is 2.47 bits per heavy atom. The lowest BCUT2D eigenvalue weighted by Gasteiger charge is -2.18. The lowest BCUT2D eigenvalue weighted by molar-refractivity contribution is -0.155. The molecule has 0 radical (unpaired) electrons. The predicted molar refractivity (Wildman–Crippen MR) is 69.7 cm³/mol. The first-order valence-corrected chi connectivity index (χ1v) is 5.85. The molecule has 0 spiro atoms. The minimum absolute atomic E-state index is 0.341. The Bertz CT molecular complexity index is 471. The zero-order chi connectivity index (χ0) is 14.5. The maximum atomic E-state index is 11.5. The summed E-state index contributed by atoms with van der Waals surface area (Å²) in [5, 5.41) is 23.0. The molecule has 0 aliphatic heterocycles. The zero-order valence-corrected chi connectivity index (χ0v) is 10.9. The molecule has 6 nitrogen and oxygen atoms in total. The molecule has 0 aliphatic rings. The van der Waals surface area contributed by atoms with Crippen LogP contribution in [-0.4, -0.2) is 34.4 Å². The van der Waals surface area contributed by atoms with Crippen LogP contribution >= 0.6 is 0 Å². The van der Waals surface area contributed by atoms with Crippen LogP contribution in [0.15, 0.2) is 24.3 Å². The number of amides is 2. The second kappa shape index (κ2) is 6.19. The summed E-state index contributed by atoms with van der Waals surface area (Å²) in [4.78, 5) is 22.1. The van der Waals surface area contributed by atoms with Crippen LogP contribution in [0.25, 0.3) is 0 Å². The van der Waals surface area contributed by atoms with Gasteiger partial charge in [-0.25, -0.2) is 9.59 Å². The van der Waals surface area contributed by atoms with Gasteiger partial charge in [0.25, 0.3) is 0 Å². The quantitative estimate of drug-likeness (QED) is 0.628. The number of hydrogen-bond donors (Lipinski definition) is 4. The van der Waals surface area contributed by atoms with E-state index in [1.165, 1.54) is 0 Å². The predicted octanol–water partition coefficient (Wildman–Crippen LogP) is 0.630. The topological polar surface area (TPSA) is 98.7 Å². The molecule has 0 saturated heterocycles. The van der Waals surface area contributed by atoms with Gasteiger partial charge in [0.1, 0.15) is 0 Å². The fourth-order valence-electron chi connectivity index (χ4n) is 1.37. The first-order chi connectivity index (χ1) is 8.83. The van der Waals surface area contributed by atoms with Crippen molar-refractivity contribution in [3.05, 3.63) is 35.4 Å². The summed E-state index contributed by atoms with van der Waals surface area (Å²) in [7, 11) is 0. The Labute approximate surface area is 111 Å². The number of carboxylic acid groups (broad SMARTS) is 1. The molecule has 2 amide bonds. The molecule has 0 saturated carbocycles. The Balaban J connectivity index is 2.41. The maximum Gasteiger partial charge on any atom is 0.337 e. The van der Waals surface area contributed by atoms with Crippen LogP contribution in [0, 0.1) is 6.92 Å². The van der Waals surface area contributed by atoms with Crippen LogP contribution in [0.2, 0.25) is 0 Å². The molecular formula is C13H18N2O4. The van der Waals surface area contributed by atoms with Crippen LogP contribution in [0.5, 0.6) is 0 Å². The summed E-state index contributed by atoms with van der Waals surface area (Å²) in [6.07, 6.45) is 0. The fraction of sp³-hybridized carbons (Fsp3) is 0.385. The summed E-state index contributed by atoms with van der Waals surface area (Å²) in [5.74, 6) is -1.38. The number of carbonyl (C=O) groups is 2. The molecule has 6 heteroatoms. The highest BCUT2D eigenvalue weighted by atomic mass is 16.4. The summed E-state index contributed by atoms with van der Waals surface area (Å²) >= 11 is 0. The van der Waals surface area contributed by atoms with Crippen LogP contribution < -0.4 is 10.6 Å². The van der Waals surface area contributed by atoms with Crippen molar-refractivity contribution in [2.45, 2.75) is 26.0 Å². The van der Waals surface area contributed by atoms with E-state index >= 15 is 0 Å². The van der Waals surface area contributed by atoms with Crippen molar-refractivity contribution in [3.63, 3.8) is 0 Å². The van der Waals surface area contributed by atoms with Crippen LogP contribution in [0.4, 0.5) is 4.79 Å². The number of carboxylic acids is 1. The number of hydrogen-bond acceptors (Lipinski definition) is 3. The molecule has 104 valence electrons. The number of nitrogens with one attached hydrogen (secondary N) is 2. The van der Waals surface area contributed by atoms with Gasteiger partial charge in [-0.05, 0) is 25.0 Å². The number of rotatable bonds is 5. The monoisotopic (exact) mass is 266 g/mol. The third-order valence-electron chi connectivity index (χ3n) is 2.75. The molecule has 0 aliphatic carbocycles. The summed E-state index contributed by atoms with van der Waals surface area (Å²) in [6.45, 7) is 3.04. The van der Waals surface area contributed by atoms with Gasteiger partial charge in [-0.2, -0.15) is 0 Å². The molecule has 4 N–H and O–H groups in total. The number of benzene rings is 1. The van der Waals surface area contributed by atoms with Crippen molar-refractivity contribution in [3.8, 4) is 0 Å². The number of carbonyl (C=O) groups excluding carboxylic acids is 1. The molecule has 0 aromatic heterocycles. The zero-order valence-electron chi connectivity index (χ0n) is 10.9. The Kier molecular flexibility index (Phi) is 4.88. The summed E-state index contributed by atoms with van der Waals surface area (Å²) < 4.78 is 0. The van der Waals surface area contributed by atoms with E-state index in [0.29, 0.717) is 6.54 Å². The molecular weight excluding hydrogens is 248 g/mol. The number of aliphatic hydroxyl groups is 1. The molecule has 0 bridgehead atoms. The molecule has 0 heterocycles. The molecule has 1 rings (SSSR count). The van der Waals surface area contributed by atoms with Gasteiger partial charge >= 0.3 is 12.0 Å². The number of aliphatic carboxylic acids is 1. The van der Waals surface area contributed by atoms with E-state index in [2.05, 4.69) is 10.6 Å². The smallest absolute Gasteiger partial charge is 0.337 e. The number of urea groups is 1. The van der Waals surface area contributed by atoms with Crippen LogP contribution in [-0.2, 0) is 11.3 Å². The van der Waals surface area contributed by atoms with Gasteiger partial charge in [0, 0.05) is 6.54 Å². The molecule has 19 heavy (non-hydrogen) atoms. The highest BCUT2D eigenvalue weighted by Crippen LogP contribution is 2.06. The van der Waals surface area contributed by atoms with Gasteiger partial charge in [0.15, 0.2) is 5.60 Å². The molecule has 1 aromatic carbocycles. The minimum Gasteiger partial charge on any atom is -0.479 e. The summed E-state index contributed by atoms with van der Waals surface area (Å²) in [5.41, 5.74) is 0.0583. The Hall–Kier alpha value is -2.08. The van der Waals surface area contributed by atoms with E-state index in [1.807, 2.05) is 31.2 Å². The van der Waals surface area contributed by atoms with Gasteiger partial charge < -0.3 is 20.8 Å². The highest BCUT2D eigenvalue weighted by molar-refractivity contribution is 5.79. The lowest BCUT2D eigenvalue weighted by atomic mass is 10.1. The lowest BCUT2D eigenvalue weighted by Crippen LogP contribution is -2.49. The molecule has 1 unspecified atom stereocenters. The van der Waals surface area contributed by atoms with Gasteiger partial charge in [0.2, 0.25) is 0 Å². The average molecular weight is 266 g/mol. The number of aryl methyl sites for hydroxylation is 1. The van der Waals surface area contributed by atoms with Crippen LogP contribution in [0.3, 0.4) is 0 Å². The largest absolute Gasteiger partial charge is 0.479 e. The van der Waals surface area contributed by atoms with E-state index in [9.17, 15) is 14.7 Å². The van der Waals surface area contributed by atoms with E-state index in [-0.39, 0.29) is 6.54 Å². The van der Waals surface area contributed by atoms with Gasteiger partial charge in [-0.15, -0.1) is 0 Å². The SMILES string of the molecule is Cc1ccccc1CNC(=O)NCC(C)(O)C(=O)O. The first kappa shape index (κ1) is 15.0. The molecule has 1 atom stereocenters. The Morgan fingerprint density at radius 1 is 1.26 bits per heavy atom. The average Bonchev–Trinajstić information content (AvgIpc) is 2.35. The van der Waals surface area contributed by atoms with Gasteiger partial charge in [0.05, 0.1) is 6.54 Å². The van der Waals surface area contributed by atoms with Crippen molar-refractivity contribution >= 4 is 12.0 Å². The van der Waals surface area contributed by atoms with Crippen LogP contribution in [0.1, 0.15) is 18.1 Å². The van der Waals surface area contributed by atoms with Crippen molar-refractivity contribution in [1.29, 1.82) is 0 Å². The molecule has 1 aromatic rings. The Morgan fingerprint density at radius 2 is 1.89 bits per heavy atom.